The highest BCUT2D eigenvalue weighted by atomic mass is 16.2. The van der Waals surface area contributed by atoms with Crippen molar-refractivity contribution in [3.63, 3.8) is 0 Å². The molecule has 2 aromatic carbocycles. The van der Waals surface area contributed by atoms with Gasteiger partial charge in [0.1, 0.15) is 6.04 Å². The van der Waals surface area contributed by atoms with Crippen molar-refractivity contribution in [2.75, 3.05) is 19.6 Å². The molecular formula is C26H33N3O3. The second-order valence-corrected chi connectivity index (χ2v) is 8.50. The zero-order valence-electron chi connectivity index (χ0n) is 19.2. The van der Waals surface area contributed by atoms with Crippen molar-refractivity contribution in [1.82, 2.24) is 15.5 Å². The Morgan fingerprint density at radius 3 is 2.06 bits per heavy atom. The second-order valence-electron chi connectivity index (χ2n) is 8.50. The molecule has 2 aromatic rings. The van der Waals surface area contributed by atoms with E-state index in [4.69, 9.17) is 0 Å². The molecule has 6 nitrogen and oxygen atoms in total. The molecule has 0 unspecified atom stereocenters. The molecule has 170 valence electrons. The summed E-state index contributed by atoms with van der Waals surface area (Å²) in [6, 6.07) is 14.3. The van der Waals surface area contributed by atoms with E-state index in [9.17, 15) is 14.4 Å². The average molecular weight is 436 g/mol. The van der Waals surface area contributed by atoms with Gasteiger partial charge < -0.3 is 15.5 Å². The molecule has 1 atom stereocenters. The van der Waals surface area contributed by atoms with Gasteiger partial charge in [0.25, 0.3) is 11.8 Å². The smallest absolute Gasteiger partial charge is 0.254 e. The van der Waals surface area contributed by atoms with E-state index in [1.54, 1.807) is 6.07 Å². The van der Waals surface area contributed by atoms with Crippen LogP contribution in [0, 0.1) is 19.8 Å². The quantitative estimate of drug-likeness (QED) is 0.699. The number of hydrogen-bond acceptors (Lipinski definition) is 3. The number of rotatable bonds is 7. The fourth-order valence-electron chi connectivity index (χ4n) is 4.22. The number of carbonyl (C=O) groups excluding carboxylic acids is 3. The Labute approximate surface area is 190 Å². The molecule has 1 aliphatic heterocycles. The van der Waals surface area contributed by atoms with Gasteiger partial charge in [-0.15, -0.1) is 0 Å². The van der Waals surface area contributed by atoms with E-state index in [0.29, 0.717) is 38.0 Å². The molecular weight excluding hydrogens is 402 g/mol. The van der Waals surface area contributed by atoms with Crippen LogP contribution in [0.15, 0.2) is 48.5 Å². The average Bonchev–Trinajstić information content (AvgIpc) is 2.81. The monoisotopic (exact) mass is 435 g/mol. The first-order valence-electron chi connectivity index (χ1n) is 11.4. The lowest BCUT2D eigenvalue weighted by Gasteiger charge is -2.36. The summed E-state index contributed by atoms with van der Waals surface area (Å²) in [5, 5.41) is 5.92. The van der Waals surface area contributed by atoms with Crippen LogP contribution in [0.4, 0.5) is 0 Å². The van der Waals surface area contributed by atoms with Gasteiger partial charge in [-0.3, -0.25) is 14.4 Å². The molecule has 1 fully saturated rings. The van der Waals surface area contributed by atoms with Gasteiger partial charge >= 0.3 is 0 Å². The first kappa shape index (κ1) is 23.5. The molecule has 0 radical (unpaired) electrons. The van der Waals surface area contributed by atoms with Gasteiger partial charge in [0.15, 0.2) is 0 Å². The van der Waals surface area contributed by atoms with E-state index in [1.807, 2.05) is 68.1 Å². The fraction of sp³-hybridized carbons (Fsp3) is 0.423. The minimum atomic E-state index is -0.621. The van der Waals surface area contributed by atoms with Gasteiger partial charge in [0.2, 0.25) is 5.91 Å². The van der Waals surface area contributed by atoms with Crippen LogP contribution in [-0.2, 0) is 4.79 Å². The lowest BCUT2D eigenvalue weighted by atomic mass is 9.88. The molecule has 3 rings (SSSR count). The van der Waals surface area contributed by atoms with Gasteiger partial charge in [-0.05, 0) is 62.3 Å². The Hall–Kier alpha value is -3.15. The van der Waals surface area contributed by atoms with Gasteiger partial charge in [-0.25, -0.2) is 0 Å². The van der Waals surface area contributed by atoms with Crippen LogP contribution in [0.3, 0.4) is 0 Å². The maximum atomic E-state index is 12.9. The molecule has 1 saturated heterocycles. The maximum Gasteiger partial charge on any atom is 0.254 e. The summed E-state index contributed by atoms with van der Waals surface area (Å²) in [6.07, 6.45) is 2.15. The predicted molar refractivity (Wildman–Crippen MR) is 126 cm³/mol. The van der Waals surface area contributed by atoms with Crippen LogP contribution in [-0.4, -0.2) is 48.3 Å². The third-order valence-corrected chi connectivity index (χ3v) is 6.18. The standard InChI is InChI=1S/C26H33N3O3/c1-4-15-27-25(31)23(28-24(30)21-11-7-5-9-18(21)2)20-13-16-29(17-14-20)26(32)22-12-8-6-10-19(22)3/h5-12,20,23H,4,13-17H2,1-3H3,(H,27,31)(H,28,30)/t23-/m1/s1. The maximum absolute atomic E-state index is 12.9. The van der Waals surface area contributed by atoms with E-state index in [-0.39, 0.29) is 23.6 Å². The number of benzene rings is 2. The molecule has 32 heavy (non-hydrogen) atoms. The van der Waals surface area contributed by atoms with Crippen molar-refractivity contribution < 1.29 is 14.4 Å². The topological polar surface area (TPSA) is 78.5 Å². The van der Waals surface area contributed by atoms with Crippen molar-refractivity contribution >= 4 is 17.7 Å². The number of carbonyl (C=O) groups is 3. The molecule has 0 aromatic heterocycles. The third kappa shape index (κ3) is 5.55. The zero-order chi connectivity index (χ0) is 23.1. The van der Waals surface area contributed by atoms with E-state index >= 15 is 0 Å². The van der Waals surface area contributed by atoms with Crippen LogP contribution in [0.5, 0.6) is 0 Å². The van der Waals surface area contributed by atoms with Gasteiger partial charge in [-0.1, -0.05) is 43.3 Å². The predicted octanol–water partition coefficient (Wildman–Crippen LogP) is 3.48. The minimum Gasteiger partial charge on any atom is -0.354 e. The number of nitrogens with one attached hydrogen (secondary N) is 2. The number of nitrogens with zero attached hydrogens (tertiary/aromatic N) is 1. The lowest BCUT2D eigenvalue weighted by molar-refractivity contribution is -0.124. The number of piperidine rings is 1. The first-order chi connectivity index (χ1) is 15.4. The Kier molecular flexibility index (Phi) is 8.03. The van der Waals surface area contributed by atoms with Crippen LogP contribution >= 0.6 is 0 Å². The van der Waals surface area contributed by atoms with Crippen molar-refractivity contribution in [3.05, 3.63) is 70.8 Å². The molecule has 0 saturated carbocycles. The van der Waals surface area contributed by atoms with E-state index in [0.717, 1.165) is 23.1 Å². The second kappa shape index (κ2) is 10.9. The van der Waals surface area contributed by atoms with Gasteiger partial charge in [-0.2, -0.15) is 0 Å². The van der Waals surface area contributed by atoms with Crippen LogP contribution < -0.4 is 10.6 Å². The van der Waals surface area contributed by atoms with E-state index in [1.165, 1.54) is 0 Å². The van der Waals surface area contributed by atoms with E-state index in [2.05, 4.69) is 10.6 Å². The summed E-state index contributed by atoms with van der Waals surface area (Å²) in [7, 11) is 0. The first-order valence-corrected chi connectivity index (χ1v) is 11.4. The van der Waals surface area contributed by atoms with Crippen molar-refractivity contribution in [3.8, 4) is 0 Å². The van der Waals surface area contributed by atoms with Gasteiger partial charge in [0.05, 0.1) is 0 Å². The van der Waals surface area contributed by atoms with Gasteiger partial charge in [0, 0.05) is 30.8 Å². The Balaban J connectivity index is 1.70. The molecule has 0 bridgehead atoms. The Morgan fingerprint density at radius 1 is 0.938 bits per heavy atom. The highest BCUT2D eigenvalue weighted by molar-refractivity contribution is 5.99. The van der Waals surface area contributed by atoms with Crippen LogP contribution in [0.1, 0.15) is 58.0 Å². The lowest BCUT2D eigenvalue weighted by Crippen LogP contribution is -2.54. The third-order valence-electron chi connectivity index (χ3n) is 6.18. The molecule has 3 amide bonds. The summed E-state index contributed by atoms with van der Waals surface area (Å²) in [5.41, 5.74) is 3.13. The van der Waals surface area contributed by atoms with E-state index < -0.39 is 6.04 Å². The largest absolute Gasteiger partial charge is 0.354 e. The Morgan fingerprint density at radius 2 is 1.50 bits per heavy atom. The van der Waals surface area contributed by atoms with Crippen molar-refractivity contribution in [1.29, 1.82) is 0 Å². The summed E-state index contributed by atoms with van der Waals surface area (Å²) in [4.78, 5) is 40.7. The van der Waals surface area contributed by atoms with Crippen LogP contribution in [0.2, 0.25) is 0 Å². The van der Waals surface area contributed by atoms with Crippen LogP contribution in [0.25, 0.3) is 0 Å². The van der Waals surface area contributed by atoms with Crippen molar-refractivity contribution in [2.45, 2.75) is 46.1 Å². The summed E-state index contributed by atoms with van der Waals surface area (Å²) < 4.78 is 0. The normalized spacial score (nSPS) is 15.2. The highest BCUT2D eigenvalue weighted by Crippen LogP contribution is 2.24. The molecule has 1 heterocycles. The summed E-state index contributed by atoms with van der Waals surface area (Å²) in [5.74, 6) is -0.395. The van der Waals surface area contributed by atoms with Crippen molar-refractivity contribution in [2.24, 2.45) is 5.92 Å². The summed E-state index contributed by atoms with van der Waals surface area (Å²) >= 11 is 0. The highest BCUT2D eigenvalue weighted by Gasteiger charge is 2.34. The Bertz CT molecular complexity index is 964. The molecule has 0 aliphatic carbocycles. The fourth-order valence-corrected chi connectivity index (χ4v) is 4.22. The SMILES string of the molecule is CCCNC(=O)[C@H](NC(=O)c1ccccc1C)C1CCN(C(=O)c2ccccc2C)CC1. The number of aryl methyl sites for hydroxylation is 2. The molecule has 0 spiro atoms. The molecule has 1 aliphatic rings. The molecule has 6 heteroatoms. The zero-order valence-corrected chi connectivity index (χ0v) is 19.2. The number of hydrogen-bond donors (Lipinski definition) is 2. The molecule has 2 N–H and O–H groups in total. The number of likely N-dealkylation sites (tertiary alicyclic amines) is 1. The summed E-state index contributed by atoms with van der Waals surface area (Å²) in [6.45, 7) is 7.52. The minimum absolute atomic E-state index is 0.0254. The number of amides is 3.